The van der Waals surface area contributed by atoms with Gasteiger partial charge in [0.05, 0.1) is 17.6 Å². The van der Waals surface area contributed by atoms with Crippen molar-refractivity contribution in [2.45, 2.75) is 18.5 Å². The molecule has 0 aliphatic carbocycles. The smallest absolute Gasteiger partial charge is 0.347 e. The van der Waals surface area contributed by atoms with Crippen LogP contribution in [0.5, 0.6) is 0 Å². The van der Waals surface area contributed by atoms with Gasteiger partial charge in [-0.2, -0.15) is 5.10 Å². The first kappa shape index (κ1) is 23.9. The van der Waals surface area contributed by atoms with Crippen molar-refractivity contribution in [2.24, 2.45) is 0 Å². The highest BCUT2D eigenvalue weighted by atomic mass is 32.2. The Labute approximate surface area is 191 Å². The topological polar surface area (TPSA) is 94.2 Å². The summed E-state index contributed by atoms with van der Waals surface area (Å²) >= 11 is 0. The maximum Gasteiger partial charge on any atom is 0.347 e. The van der Waals surface area contributed by atoms with Crippen LogP contribution < -0.4 is 14.9 Å². The number of pyridine rings is 1. The van der Waals surface area contributed by atoms with Crippen LogP contribution in [-0.4, -0.2) is 37.5 Å². The first-order valence-electron chi connectivity index (χ1n) is 9.90. The van der Waals surface area contributed by atoms with E-state index in [1.807, 2.05) is 0 Å². The summed E-state index contributed by atoms with van der Waals surface area (Å²) < 4.78 is 40.0. The second-order valence-corrected chi connectivity index (χ2v) is 9.04. The molecule has 0 atom stereocenters. The minimum atomic E-state index is -3.54. The molecule has 0 aliphatic rings. The van der Waals surface area contributed by atoms with Gasteiger partial charge in [-0.25, -0.2) is 17.5 Å². The molecule has 2 aromatic heterocycles. The molecule has 0 unspecified atom stereocenters. The largest absolute Gasteiger partial charge is 0.348 e. The third-order valence-corrected chi connectivity index (χ3v) is 5.93. The van der Waals surface area contributed by atoms with Crippen LogP contribution in [0.3, 0.4) is 0 Å². The number of nitrogens with zero attached hydrogens (tertiary/aromatic N) is 3. The molecule has 3 rings (SSSR count). The molecule has 3 aromatic rings. The van der Waals surface area contributed by atoms with Gasteiger partial charge in [0, 0.05) is 40.8 Å². The number of carbonyl (C=O) groups is 1. The Morgan fingerprint density at radius 3 is 2.58 bits per heavy atom. The molecule has 8 nitrogen and oxygen atoms in total. The summed E-state index contributed by atoms with van der Waals surface area (Å²) in [6.45, 7) is 5.64. The molecular formula is C23H24FN4O4S+. The minimum Gasteiger partial charge on any atom is -0.348 e. The number of hydrogen-bond donors (Lipinski definition) is 1. The molecule has 0 saturated heterocycles. The van der Waals surface area contributed by atoms with Crippen molar-refractivity contribution >= 4 is 27.4 Å². The lowest BCUT2D eigenvalue weighted by Gasteiger charge is -2.10. The Kier molecular flexibility index (Phi) is 7.07. The van der Waals surface area contributed by atoms with Crippen molar-refractivity contribution in [3.8, 4) is 5.69 Å². The fourth-order valence-electron chi connectivity index (χ4n) is 3.27. The van der Waals surface area contributed by atoms with Gasteiger partial charge in [-0.15, -0.1) is 0 Å². The molecule has 1 amide bonds. The number of halogens is 1. The molecule has 0 saturated carbocycles. The van der Waals surface area contributed by atoms with E-state index in [4.69, 9.17) is 4.84 Å². The second-order valence-electron chi connectivity index (χ2n) is 7.07. The summed E-state index contributed by atoms with van der Waals surface area (Å²) in [4.78, 5) is 18.0. The summed E-state index contributed by atoms with van der Waals surface area (Å²) in [5.74, 6) is -0.737. The Hall–Kier alpha value is -3.79. The van der Waals surface area contributed by atoms with Gasteiger partial charge in [0.25, 0.3) is 5.91 Å². The van der Waals surface area contributed by atoms with Gasteiger partial charge >= 0.3 is 5.03 Å². The number of sulfone groups is 1. The number of nitrogens with one attached hydrogen (secondary N) is 1. The predicted octanol–water partition coefficient (Wildman–Crippen LogP) is 2.12. The van der Waals surface area contributed by atoms with Crippen molar-refractivity contribution < 1.29 is 27.2 Å². The maximum atomic E-state index is 13.3. The van der Waals surface area contributed by atoms with Crippen molar-refractivity contribution in [2.75, 3.05) is 13.4 Å². The van der Waals surface area contributed by atoms with Crippen LogP contribution in [-0.2, 0) is 21.2 Å². The monoisotopic (exact) mass is 471 g/mol. The highest BCUT2D eigenvalue weighted by molar-refractivity contribution is 7.90. The third kappa shape index (κ3) is 5.17. The summed E-state index contributed by atoms with van der Waals surface area (Å²) in [7, 11) is -2.18. The second kappa shape index (κ2) is 9.78. The number of allylic oxidation sites excluding steroid dienone is 1. The zero-order valence-electron chi connectivity index (χ0n) is 18.4. The van der Waals surface area contributed by atoms with Gasteiger partial charge in [-0.3, -0.25) is 9.63 Å². The van der Waals surface area contributed by atoms with Crippen LogP contribution in [0, 0.1) is 5.82 Å². The molecule has 172 valence electrons. The van der Waals surface area contributed by atoms with Crippen molar-refractivity contribution in [3.05, 3.63) is 84.1 Å². The lowest BCUT2D eigenvalue weighted by Crippen LogP contribution is -2.45. The molecule has 10 heteroatoms. The molecule has 0 aliphatic heterocycles. The van der Waals surface area contributed by atoms with E-state index >= 15 is 0 Å². The first-order chi connectivity index (χ1) is 15.7. The minimum absolute atomic E-state index is 0.0301. The van der Waals surface area contributed by atoms with Gasteiger partial charge in [0.1, 0.15) is 12.9 Å². The summed E-state index contributed by atoms with van der Waals surface area (Å²) in [5.41, 5.74) is 2.70. The molecule has 0 radical (unpaired) electrons. The summed E-state index contributed by atoms with van der Waals surface area (Å²) in [6.07, 6.45) is 7.31. The van der Waals surface area contributed by atoms with Crippen LogP contribution in [0.2, 0.25) is 0 Å². The highest BCUT2D eigenvalue weighted by Crippen LogP contribution is 2.24. The Balaban J connectivity index is 1.85. The molecule has 0 spiro atoms. The fraction of sp³-hybridized carbons (Fsp3) is 0.174. The Bertz CT molecular complexity index is 1330. The molecule has 1 aromatic carbocycles. The van der Waals surface area contributed by atoms with Crippen LogP contribution in [0.4, 0.5) is 4.39 Å². The standard InChI is InChI=1S/C23H23FN4O4S/c1-5-19(20-15-26-28(21(20)6-2)18-9-7-17(24)8-10-18)23(29)25-14-16-11-12-27(32-3)22(13-16)33(4,30)31/h5-13,15H,2,14H2,1,3-4H3/p+1/b19-5+. The lowest BCUT2D eigenvalue weighted by atomic mass is 10.1. The number of aromatic nitrogens is 3. The van der Waals surface area contributed by atoms with Crippen molar-refractivity contribution in [1.82, 2.24) is 15.1 Å². The third-order valence-electron chi connectivity index (χ3n) is 4.87. The fourth-order valence-corrected chi connectivity index (χ4v) is 4.10. The molecule has 2 heterocycles. The predicted molar refractivity (Wildman–Crippen MR) is 121 cm³/mol. The Morgan fingerprint density at radius 2 is 2.00 bits per heavy atom. The molecule has 1 N–H and O–H groups in total. The van der Waals surface area contributed by atoms with E-state index in [9.17, 15) is 17.6 Å². The zero-order valence-corrected chi connectivity index (χ0v) is 19.3. The molecule has 33 heavy (non-hydrogen) atoms. The number of amides is 1. The van der Waals surface area contributed by atoms with Crippen LogP contribution in [0.25, 0.3) is 17.3 Å². The van der Waals surface area contributed by atoms with Crippen LogP contribution in [0.15, 0.2) is 66.5 Å². The number of hydrogen-bond acceptors (Lipinski definition) is 5. The van der Waals surface area contributed by atoms with Crippen molar-refractivity contribution in [3.63, 3.8) is 0 Å². The van der Waals surface area contributed by atoms with E-state index in [0.29, 0.717) is 28.1 Å². The average molecular weight is 472 g/mol. The zero-order chi connectivity index (χ0) is 24.2. The van der Waals surface area contributed by atoms with E-state index < -0.39 is 9.84 Å². The van der Waals surface area contributed by atoms with Crippen molar-refractivity contribution in [1.29, 1.82) is 0 Å². The van der Waals surface area contributed by atoms with E-state index in [-0.39, 0.29) is 23.3 Å². The average Bonchev–Trinajstić information content (AvgIpc) is 3.21. The maximum absolute atomic E-state index is 13.3. The van der Waals surface area contributed by atoms with Crippen LogP contribution in [0.1, 0.15) is 23.7 Å². The Morgan fingerprint density at radius 1 is 1.30 bits per heavy atom. The SMILES string of the molecule is C=Cc1c(/C(=C\C)C(=O)NCc2cc[n+](OC)c(S(C)(=O)=O)c2)cnn1-c1ccc(F)cc1. The molecular weight excluding hydrogens is 447 g/mol. The van der Waals surface area contributed by atoms with Gasteiger partial charge in [-0.1, -0.05) is 12.7 Å². The van der Waals surface area contributed by atoms with E-state index in [1.165, 1.54) is 31.5 Å². The van der Waals surface area contributed by atoms with Crippen LogP contribution >= 0.6 is 0 Å². The first-order valence-corrected chi connectivity index (χ1v) is 11.8. The van der Waals surface area contributed by atoms with Gasteiger partial charge in [0.15, 0.2) is 0 Å². The van der Waals surface area contributed by atoms with Gasteiger partial charge < -0.3 is 5.32 Å². The quantitative estimate of drug-likeness (QED) is 0.401. The number of rotatable bonds is 8. The van der Waals surface area contributed by atoms with E-state index in [0.717, 1.165) is 11.0 Å². The summed E-state index contributed by atoms with van der Waals surface area (Å²) in [5, 5.41) is 7.10. The van der Waals surface area contributed by atoms with Gasteiger partial charge in [0.2, 0.25) is 16.0 Å². The summed E-state index contributed by atoms with van der Waals surface area (Å²) in [6, 6.07) is 8.90. The normalized spacial score (nSPS) is 11.8. The van der Waals surface area contributed by atoms with E-state index in [2.05, 4.69) is 17.0 Å². The number of carbonyl (C=O) groups excluding carboxylic acids is 1. The molecule has 0 fully saturated rings. The molecule has 0 bridgehead atoms. The highest BCUT2D eigenvalue weighted by Gasteiger charge is 2.24. The lowest BCUT2D eigenvalue weighted by molar-refractivity contribution is -0.914. The van der Waals surface area contributed by atoms with Gasteiger partial charge in [-0.05, 0) is 42.8 Å². The van der Waals surface area contributed by atoms with E-state index in [1.54, 1.807) is 48.2 Å². The number of benzene rings is 1.